The second kappa shape index (κ2) is 66.9. The number of hydrogen-bond donors (Lipinski definition) is 3. The van der Waals surface area contributed by atoms with Crippen molar-refractivity contribution in [1.82, 2.24) is 0 Å². The number of unbranched alkanes of at least 4 members (excludes halogenated alkanes) is 43. The third-order valence-electron chi connectivity index (χ3n) is 17.8. The average Bonchev–Trinajstić information content (AvgIpc) is 1.32. The van der Waals surface area contributed by atoms with E-state index in [1.54, 1.807) is 0 Å². The normalized spacial score (nSPS) is 14.3. The first kappa shape index (κ1) is 92.1. The second-order valence-electron chi connectivity index (χ2n) is 27.8. The lowest BCUT2D eigenvalue weighted by molar-refractivity contribution is -0.161. The predicted molar refractivity (Wildman–Crippen MR) is 381 cm³/mol. The van der Waals surface area contributed by atoms with Gasteiger partial charge in [0.1, 0.15) is 19.3 Å². The molecule has 0 aliphatic rings. The maximum Gasteiger partial charge on any atom is 0.472 e. The molecule has 6 atom stereocenters. The molecule has 0 fully saturated rings. The van der Waals surface area contributed by atoms with Crippen molar-refractivity contribution in [1.29, 1.82) is 0 Å². The number of rotatable bonds is 74. The Hall–Kier alpha value is -1.94. The van der Waals surface area contributed by atoms with Crippen LogP contribution in [-0.2, 0) is 65.4 Å². The van der Waals surface area contributed by atoms with Crippen LogP contribution in [0.25, 0.3) is 0 Å². The van der Waals surface area contributed by atoms with E-state index >= 15 is 0 Å². The maximum atomic E-state index is 13.1. The highest BCUT2D eigenvalue weighted by Gasteiger charge is 2.30. The fourth-order valence-electron chi connectivity index (χ4n) is 11.4. The van der Waals surface area contributed by atoms with Gasteiger partial charge in [0.25, 0.3) is 0 Å². The molecule has 0 saturated heterocycles. The van der Waals surface area contributed by atoms with E-state index in [2.05, 4.69) is 41.5 Å². The van der Waals surface area contributed by atoms with Crippen LogP contribution in [0.5, 0.6) is 0 Å². The van der Waals surface area contributed by atoms with Crippen molar-refractivity contribution in [2.75, 3.05) is 39.6 Å². The van der Waals surface area contributed by atoms with Crippen LogP contribution in [0.3, 0.4) is 0 Å². The maximum absolute atomic E-state index is 13.1. The number of aliphatic hydroxyl groups is 1. The fraction of sp³-hybridized carbons (Fsp3) is 0.947. The van der Waals surface area contributed by atoms with E-state index in [1.165, 1.54) is 199 Å². The molecular formula is C75H146O17P2. The lowest BCUT2D eigenvalue weighted by Crippen LogP contribution is -2.30. The van der Waals surface area contributed by atoms with Crippen molar-refractivity contribution in [3.63, 3.8) is 0 Å². The Morgan fingerprint density at radius 3 is 0.809 bits per heavy atom. The number of ether oxygens (including phenoxy) is 4. The highest BCUT2D eigenvalue weighted by molar-refractivity contribution is 7.47. The topological polar surface area (TPSA) is 237 Å². The monoisotopic (exact) mass is 1380 g/mol. The largest absolute Gasteiger partial charge is 0.472 e. The van der Waals surface area contributed by atoms with Crippen LogP contribution in [0.15, 0.2) is 0 Å². The van der Waals surface area contributed by atoms with E-state index < -0.39 is 97.5 Å². The highest BCUT2D eigenvalue weighted by Crippen LogP contribution is 2.45. The van der Waals surface area contributed by atoms with Gasteiger partial charge in [0.05, 0.1) is 26.4 Å². The minimum absolute atomic E-state index is 0.105. The SMILES string of the molecule is CCCCCCCCCCCCCCCCCCCCC(=O)O[C@H](COC(=O)CCCCCCCCCCCCCCCCC(C)C)COP(=O)(O)OC[C@@H](O)COP(=O)(O)OC[C@@H](COC(=O)CCCCCCC)OC(=O)CCCCCCCCCCCCC(C)CC. The first-order valence-corrected chi connectivity index (χ1v) is 42.0. The summed E-state index contributed by atoms with van der Waals surface area (Å²) in [6, 6.07) is 0. The van der Waals surface area contributed by atoms with E-state index in [0.29, 0.717) is 25.7 Å². The molecule has 0 aliphatic carbocycles. The zero-order chi connectivity index (χ0) is 69.3. The minimum Gasteiger partial charge on any atom is -0.462 e. The van der Waals surface area contributed by atoms with Gasteiger partial charge in [-0.1, -0.05) is 337 Å². The summed E-state index contributed by atoms with van der Waals surface area (Å²) in [5.41, 5.74) is 0. The molecule has 3 unspecified atom stereocenters. The van der Waals surface area contributed by atoms with Crippen molar-refractivity contribution < 1.29 is 80.2 Å². The minimum atomic E-state index is -4.95. The zero-order valence-electron chi connectivity index (χ0n) is 61.3. The van der Waals surface area contributed by atoms with E-state index in [-0.39, 0.29) is 25.7 Å². The first-order valence-electron chi connectivity index (χ1n) is 39.0. The summed E-state index contributed by atoms with van der Waals surface area (Å²) in [5.74, 6) is -0.525. The lowest BCUT2D eigenvalue weighted by atomic mass is 9.99. The van der Waals surface area contributed by atoms with Gasteiger partial charge in [-0.2, -0.15) is 0 Å². The third kappa shape index (κ3) is 67.3. The smallest absolute Gasteiger partial charge is 0.462 e. The molecular weight excluding hydrogens is 1230 g/mol. The van der Waals surface area contributed by atoms with Gasteiger partial charge < -0.3 is 33.8 Å². The Morgan fingerprint density at radius 2 is 0.543 bits per heavy atom. The van der Waals surface area contributed by atoms with Crippen LogP contribution in [0.1, 0.15) is 388 Å². The summed E-state index contributed by atoms with van der Waals surface area (Å²) in [7, 11) is -9.90. The standard InChI is InChI=1S/C75H146O17P2/c1-7-10-12-14-15-16-17-18-19-20-21-22-27-30-36-41-47-53-59-75(80)92-71(64-86-73(78)58-52-46-40-35-29-26-24-23-25-28-33-38-44-49-55-67(4)5)66-90-94(83,84)88-62-69(76)61-87-93(81,82)89-65-70(63-85-72(77)57-51-43-13-11-8-2)91-74(79)60-54-48-42-37-32-31-34-39-45-50-56-68(6)9-3/h67-71,76H,7-66H2,1-6H3,(H,81,82)(H,83,84)/t68?,69-,70+,71+/m0/s1. The van der Waals surface area contributed by atoms with Crippen molar-refractivity contribution in [3.8, 4) is 0 Å². The summed E-state index contributed by atoms with van der Waals surface area (Å²) in [4.78, 5) is 72.5. The van der Waals surface area contributed by atoms with Gasteiger partial charge in [0, 0.05) is 25.7 Å². The quantitative estimate of drug-likeness (QED) is 0.0222. The number of phosphoric ester groups is 2. The fourth-order valence-corrected chi connectivity index (χ4v) is 13.0. The van der Waals surface area contributed by atoms with Crippen LogP contribution in [0.4, 0.5) is 0 Å². The van der Waals surface area contributed by atoms with Crippen LogP contribution < -0.4 is 0 Å². The van der Waals surface area contributed by atoms with Crippen LogP contribution in [0, 0.1) is 11.8 Å². The Labute approximate surface area is 575 Å². The molecule has 0 amide bonds. The summed E-state index contributed by atoms with van der Waals surface area (Å²) < 4.78 is 68.3. The molecule has 0 rings (SSSR count). The predicted octanol–water partition coefficient (Wildman–Crippen LogP) is 21.9. The number of phosphoric acid groups is 2. The third-order valence-corrected chi connectivity index (χ3v) is 19.7. The molecule has 19 heteroatoms. The second-order valence-corrected chi connectivity index (χ2v) is 30.7. The van der Waals surface area contributed by atoms with Crippen molar-refractivity contribution in [3.05, 3.63) is 0 Å². The molecule has 3 N–H and O–H groups in total. The summed E-state index contributed by atoms with van der Waals surface area (Å²) in [6.07, 6.45) is 54.4. The average molecular weight is 1380 g/mol. The van der Waals surface area contributed by atoms with Crippen LogP contribution in [-0.4, -0.2) is 96.7 Å². The van der Waals surface area contributed by atoms with Gasteiger partial charge in [0.15, 0.2) is 12.2 Å². The molecule has 0 aromatic heterocycles. The molecule has 0 saturated carbocycles. The summed E-state index contributed by atoms with van der Waals surface area (Å²) in [6.45, 7) is 9.55. The molecule has 558 valence electrons. The molecule has 0 radical (unpaired) electrons. The first-order chi connectivity index (χ1) is 45.4. The Morgan fingerprint density at radius 1 is 0.309 bits per heavy atom. The zero-order valence-corrected chi connectivity index (χ0v) is 63.1. The van der Waals surface area contributed by atoms with Crippen molar-refractivity contribution in [2.45, 2.75) is 407 Å². The van der Waals surface area contributed by atoms with E-state index in [1.807, 2.05) is 0 Å². The van der Waals surface area contributed by atoms with Gasteiger partial charge in [-0.15, -0.1) is 0 Å². The summed E-state index contributed by atoms with van der Waals surface area (Å²) >= 11 is 0. The molecule has 0 aromatic carbocycles. The molecule has 0 aliphatic heterocycles. The van der Waals surface area contributed by atoms with Gasteiger partial charge in [-0.3, -0.25) is 37.3 Å². The Balaban J connectivity index is 5.15. The number of aliphatic hydroxyl groups excluding tert-OH is 1. The molecule has 0 bridgehead atoms. The molecule has 0 heterocycles. The van der Waals surface area contributed by atoms with E-state index in [4.69, 9.17) is 37.0 Å². The van der Waals surface area contributed by atoms with Crippen molar-refractivity contribution in [2.24, 2.45) is 11.8 Å². The van der Waals surface area contributed by atoms with Gasteiger partial charge in [-0.25, -0.2) is 9.13 Å². The van der Waals surface area contributed by atoms with E-state index in [9.17, 15) is 43.2 Å². The van der Waals surface area contributed by atoms with Gasteiger partial charge >= 0.3 is 39.5 Å². The van der Waals surface area contributed by atoms with Crippen molar-refractivity contribution >= 4 is 39.5 Å². The number of carbonyl (C=O) groups is 4. The molecule has 94 heavy (non-hydrogen) atoms. The van der Waals surface area contributed by atoms with Crippen LogP contribution in [0.2, 0.25) is 0 Å². The van der Waals surface area contributed by atoms with Crippen LogP contribution >= 0.6 is 15.6 Å². The van der Waals surface area contributed by atoms with E-state index in [0.717, 1.165) is 108 Å². The lowest BCUT2D eigenvalue weighted by Gasteiger charge is -2.21. The molecule has 0 spiro atoms. The molecule has 17 nitrogen and oxygen atoms in total. The van der Waals surface area contributed by atoms with Gasteiger partial charge in [-0.05, 0) is 37.5 Å². The Kier molecular flexibility index (Phi) is 65.5. The number of carbonyl (C=O) groups excluding carboxylic acids is 4. The molecule has 0 aromatic rings. The number of esters is 4. The Bertz CT molecular complexity index is 1820. The highest BCUT2D eigenvalue weighted by atomic mass is 31.2. The number of hydrogen-bond acceptors (Lipinski definition) is 15. The van der Waals surface area contributed by atoms with Gasteiger partial charge in [0.2, 0.25) is 0 Å². The summed E-state index contributed by atoms with van der Waals surface area (Å²) in [5, 5.41) is 10.6.